The number of Topliss-reactive ketones (excluding diaryl/α,β-unsaturated/α-hetero) is 1. The van der Waals surface area contributed by atoms with Crippen molar-refractivity contribution < 1.29 is 18.1 Å². The number of ketones is 1. The maximum absolute atomic E-state index is 11.3. The minimum Gasteiger partial charge on any atom is -0.287 e. The first-order valence-corrected chi connectivity index (χ1v) is 6.40. The summed E-state index contributed by atoms with van der Waals surface area (Å²) in [6, 6.07) is 5.40. The average molecular weight is 258 g/mol. The van der Waals surface area contributed by atoms with Gasteiger partial charge in [0.2, 0.25) is 15.8 Å². The van der Waals surface area contributed by atoms with Gasteiger partial charge >= 0.3 is 0 Å². The third-order valence-electron chi connectivity index (χ3n) is 1.78. The van der Waals surface area contributed by atoms with E-state index in [0.717, 1.165) is 6.26 Å². The zero-order valence-corrected chi connectivity index (χ0v) is 9.73. The molecule has 0 spiro atoms. The fourth-order valence-electron chi connectivity index (χ4n) is 1.15. The second-order valence-corrected chi connectivity index (χ2v) is 5.11. The molecule has 0 heterocycles. The summed E-state index contributed by atoms with van der Waals surface area (Å²) in [5.41, 5.74) is 0.464. The first-order valence-electron chi connectivity index (χ1n) is 4.51. The highest BCUT2D eigenvalue weighted by Gasteiger charge is 2.12. The molecular weight excluding hydrogens is 248 g/mol. The number of rotatable bonds is 5. The first-order chi connectivity index (χ1) is 7.78. The van der Waals surface area contributed by atoms with Crippen molar-refractivity contribution in [1.82, 2.24) is 0 Å². The number of anilines is 1. The van der Waals surface area contributed by atoms with Crippen LogP contribution in [0, 0.1) is 10.1 Å². The van der Waals surface area contributed by atoms with E-state index in [4.69, 9.17) is 0 Å². The van der Waals surface area contributed by atoms with Gasteiger partial charge in [0.15, 0.2) is 0 Å². The van der Waals surface area contributed by atoms with Gasteiger partial charge in [-0.1, -0.05) is 0 Å². The Morgan fingerprint density at radius 2 is 1.88 bits per heavy atom. The number of hydrogen-bond acceptors (Lipinski definition) is 5. The summed E-state index contributed by atoms with van der Waals surface area (Å²) in [6.45, 7) is -0.779. The number of nitrogens with one attached hydrogen (secondary N) is 1. The summed E-state index contributed by atoms with van der Waals surface area (Å²) in [5, 5.41) is 10.1. The van der Waals surface area contributed by atoms with Gasteiger partial charge in [0.05, 0.1) is 6.26 Å². The van der Waals surface area contributed by atoms with Crippen molar-refractivity contribution >= 4 is 21.5 Å². The van der Waals surface area contributed by atoms with Gasteiger partial charge in [0.25, 0.3) is 6.54 Å². The predicted molar refractivity (Wildman–Crippen MR) is 61.1 cm³/mol. The number of nitro groups is 1. The van der Waals surface area contributed by atoms with Crippen LogP contribution in [0.15, 0.2) is 24.3 Å². The van der Waals surface area contributed by atoms with Crippen LogP contribution >= 0.6 is 0 Å². The highest BCUT2D eigenvalue weighted by Crippen LogP contribution is 2.11. The second-order valence-electron chi connectivity index (χ2n) is 3.37. The Morgan fingerprint density at radius 3 is 2.29 bits per heavy atom. The van der Waals surface area contributed by atoms with Crippen molar-refractivity contribution in [3.05, 3.63) is 39.9 Å². The summed E-state index contributed by atoms with van der Waals surface area (Å²) in [6.07, 6.45) is 0.999. The standard InChI is InChI=1S/C9H10N2O5S/c1-17(15,16)10-8-4-2-7(3-5-8)9(12)6-11(13)14/h2-5,10H,6H2,1H3. The van der Waals surface area contributed by atoms with Crippen molar-refractivity contribution in [2.75, 3.05) is 17.5 Å². The Hall–Kier alpha value is -1.96. The van der Waals surface area contributed by atoms with Crippen molar-refractivity contribution in [2.24, 2.45) is 0 Å². The minimum absolute atomic E-state index is 0.167. The molecule has 0 saturated carbocycles. The highest BCUT2D eigenvalue weighted by molar-refractivity contribution is 7.92. The van der Waals surface area contributed by atoms with Gasteiger partial charge in [-0.15, -0.1) is 0 Å². The largest absolute Gasteiger partial charge is 0.287 e. The average Bonchev–Trinajstić information content (AvgIpc) is 2.15. The molecule has 92 valence electrons. The van der Waals surface area contributed by atoms with Gasteiger partial charge in [0, 0.05) is 16.2 Å². The van der Waals surface area contributed by atoms with Crippen LogP contribution in [-0.4, -0.2) is 31.9 Å². The molecule has 0 amide bonds. The van der Waals surface area contributed by atoms with Crippen molar-refractivity contribution in [3.63, 3.8) is 0 Å². The van der Waals surface area contributed by atoms with Crippen LogP contribution in [-0.2, 0) is 10.0 Å². The van der Waals surface area contributed by atoms with Gasteiger partial charge < -0.3 is 0 Å². The Labute approximate surface area is 97.7 Å². The topological polar surface area (TPSA) is 106 Å². The maximum atomic E-state index is 11.3. The zero-order chi connectivity index (χ0) is 13.1. The normalized spacial score (nSPS) is 10.9. The van der Waals surface area contributed by atoms with Crippen molar-refractivity contribution in [1.29, 1.82) is 0 Å². The summed E-state index contributed by atoms with van der Waals surface area (Å²) >= 11 is 0. The Balaban J connectivity index is 2.81. The molecule has 0 bridgehead atoms. The van der Waals surface area contributed by atoms with E-state index in [2.05, 4.69) is 4.72 Å². The van der Waals surface area contributed by atoms with Gasteiger partial charge in [0.1, 0.15) is 0 Å². The van der Waals surface area contributed by atoms with Crippen LogP contribution in [0.25, 0.3) is 0 Å². The number of hydrogen-bond donors (Lipinski definition) is 1. The Bertz CT molecular complexity index is 535. The van der Waals surface area contributed by atoms with E-state index in [0.29, 0.717) is 5.69 Å². The van der Waals surface area contributed by atoms with Gasteiger partial charge in [-0.3, -0.25) is 19.6 Å². The van der Waals surface area contributed by atoms with Gasteiger partial charge in [-0.2, -0.15) is 0 Å². The van der Waals surface area contributed by atoms with E-state index in [1.165, 1.54) is 24.3 Å². The highest BCUT2D eigenvalue weighted by atomic mass is 32.2. The fourth-order valence-corrected chi connectivity index (χ4v) is 1.71. The molecule has 0 aliphatic rings. The van der Waals surface area contributed by atoms with E-state index in [9.17, 15) is 23.3 Å². The molecule has 1 aromatic rings. The molecule has 0 aliphatic heterocycles. The third kappa shape index (κ3) is 4.60. The molecule has 1 rings (SSSR count). The number of benzene rings is 1. The predicted octanol–water partition coefficient (Wildman–Crippen LogP) is 0.518. The van der Waals surface area contributed by atoms with Gasteiger partial charge in [-0.25, -0.2) is 8.42 Å². The summed E-state index contributed by atoms with van der Waals surface area (Å²) < 4.78 is 24.0. The van der Waals surface area contributed by atoms with E-state index in [1.54, 1.807) is 0 Å². The maximum Gasteiger partial charge on any atom is 0.265 e. The molecule has 0 saturated heterocycles. The van der Waals surface area contributed by atoms with Crippen LogP contribution in [0.3, 0.4) is 0 Å². The third-order valence-corrected chi connectivity index (χ3v) is 2.39. The van der Waals surface area contributed by atoms with E-state index in [-0.39, 0.29) is 5.56 Å². The molecule has 0 radical (unpaired) electrons. The van der Waals surface area contributed by atoms with Crippen LogP contribution in [0.1, 0.15) is 10.4 Å². The van der Waals surface area contributed by atoms with Crippen LogP contribution < -0.4 is 4.72 Å². The SMILES string of the molecule is CS(=O)(=O)Nc1ccc(C(=O)C[N+](=O)[O-])cc1. The minimum atomic E-state index is -3.37. The quantitative estimate of drug-likeness (QED) is 0.470. The number of sulfonamides is 1. The molecule has 8 heteroatoms. The summed E-state index contributed by atoms with van der Waals surface area (Å²) in [5.74, 6) is -0.624. The Kier molecular flexibility index (Phi) is 3.79. The molecule has 1 N–H and O–H groups in total. The smallest absolute Gasteiger partial charge is 0.265 e. The van der Waals surface area contributed by atoms with Crippen molar-refractivity contribution in [2.45, 2.75) is 0 Å². The zero-order valence-electron chi connectivity index (χ0n) is 8.91. The molecular formula is C9H10N2O5S. The lowest BCUT2D eigenvalue weighted by molar-refractivity contribution is -0.465. The molecule has 1 aromatic carbocycles. The summed E-state index contributed by atoms with van der Waals surface area (Å²) in [4.78, 5) is 20.7. The molecule has 17 heavy (non-hydrogen) atoms. The van der Waals surface area contributed by atoms with Crippen LogP contribution in [0.5, 0.6) is 0 Å². The molecule has 0 aromatic heterocycles. The fraction of sp³-hybridized carbons (Fsp3) is 0.222. The first kappa shape index (κ1) is 13.1. The lowest BCUT2D eigenvalue weighted by atomic mass is 10.1. The van der Waals surface area contributed by atoms with E-state index >= 15 is 0 Å². The monoisotopic (exact) mass is 258 g/mol. The number of carbonyl (C=O) groups is 1. The molecule has 0 fully saturated rings. The Morgan fingerprint density at radius 1 is 1.35 bits per heavy atom. The van der Waals surface area contributed by atoms with Gasteiger partial charge in [-0.05, 0) is 24.3 Å². The van der Waals surface area contributed by atoms with E-state index < -0.39 is 27.3 Å². The van der Waals surface area contributed by atoms with Crippen LogP contribution in [0.4, 0.5) is 5.69 Å². The van der Waals surface area contributed by atoms with Crippen molar-refractivity contribution in [3.8, 4) is 0 Å². The van der Waals surface area contributed by atoms with E-state index in [1.807, 2.05) is 0 Å². The lowest BCUT2D eigenvalue weighted by Crippen LogP contribution is -2.14. The number of nitrogens with zero attached hydrogens (tertiary/aromatic N) is 1. The molecule has 0 atom stereocenters. The molecule has 0 aliphatic carbocycles. The lowest BCUT2D eigenvalue weighted by Gasteiger charge is -2.03. The second kappa shape index (κ2) is 4.91. The molecule has 0 unspecified atom stereocenters. The number of carbonyl (C=O) groups excluding carboxylic acids is 1. The molecule has 7 nitrogen and oxygen atoms in total. The van der Waals surface area contributed by atoms with Crippen LogP contribution in [0.2, 0.25) is 0 Å². The summed E-state index contributed by atoms with van der Waals surface area (Å²) in [7, 11) is -3.37.